The van der Waals surface area contributed by atoms with Crippen molar-refractivity contribution in [1.82, 2.24) is 5.16 Å². The molecule has 1 saturated carbocycles. The number of aryl methyl sites for hydroxylation is 2. The summed E-state index contributed by atoms with van der Waals surface area (Å²) in [4.78, 5) is 22.8. The molecule has 0 unspecified atom stereocenters. The number of methoxy groups -OCH3 is 1. The lowest BCUT2D eigenvalue weighted by atomic mass is 10.1. The molecule has 0 atom stereocenters. The number of ether oxygens (including phenoxy) is 2. The van der Waals surface area contributed by atoms with Gasteiger partial charge < -0.3 is 18.8 Å². The van der Waals surface area contributed by atoms with Gasteiger partial charge in [0, 0.05) is 0 Å². The largest absolute Gasteiger partial charge is 0.475 e. The second-order valence-corrected chi connectivity index (χ2v) is 6.69. The van der Waals surface area contributed by atoms with Gasteiger partial charge in [-0.3, -0.25) is 4.84 Å². The Morgan fingerprint density at radius 3 is 2.66 bits per heavy atom. The van der Waals surface area contributed by atoms with Gasteiger partial charge in [-0.15, -0.1) is 0 Å². The first-order valence-corrected chi connectivity index (χ1v) is 9.31. The van der Waals surface area contributed by atoms with Gasteiger partial charge in [-0.25, -0.2) is 4.79 Å². The minimum absolute atomic E-state index is 0.185. The molecule has 29 heavy (non-hydrogen) atoms. The number of benzene rings is 1. The number of nitrogens with zero attached hydrogens (tertiary/aromatic N) is 3. The van der Waals surface area contributed by atoms with E-state index < -0.39 is 6.09 Å². The molecule has 0 aliphatic heterocycles. The van der Waals surface area contributed by atoms with Crippen LogP contribution in [0.15, 0.2) is 33.9 Å². The monoisotopic (exact) mass is 403 g/mol. The van der Waals surface area contributed by atoms with Gasteiger partial charge in [-0.2, -0.15) is 5.06 Å². The van der Waals surface area contributed by atoms with Crippen LogP contribution in [0.3, 0.4) is 0 Å². The van der Waals surface area contributed by atoms with Gasteiger partial charge in [0.05, 0.1) is 43.3 Å². The smallest absolute Gasteiger partial charge is 0.438 e. The molecule has 0 saturated heterocycles. The Labute approximate surface area is 169 Å². The fraction of sp³-hybridized carbons (Fsp3) is 0.450. The first kappa shape index (κ1) is 20.7. The van der Waals surface area contributed by atoms with E-state index in [1.54, 1.807) is 18.2 Å². The van der Waals surface area contributed by atoms with E-state index in [-0.39, 0.29) is 12.5 Å². The topological polar surface area (TPSA) is 95.6 Å². The molecule has 1 aromatic carbocycles. The van der Waals surface area contributed by atoms with Gasteiger partial charge in [0.15, 0.2) is 0 Å². The van der Waals surface area contributed by atoms with Gasteiger partial charge in [0.25, 0.3) is 5.90 Å². The standard InChI is InChI=1S/C20H25N3O6/c1-13-17(14(2)29-21-13)12-28-22-19(27-11-15-9-10-15)16-7-5-6-8-18(16)23(26-4)20(24)25-3/h5-8,15H,9-12H2,1-4H3/b22-19+. The minimum atomic E-state index is -0.668. The summed E-state index contributed by atoms with van der Waals surface area (Å²) in [6.07, 6.45) is 1.58. The summed E-state index contributed by atoms with van der Waals surface area (Å²) in [7, 11) is 2.66. The Balaban J connectivity index is 1.87. The number of carbonyl (C=O) groups excluding carboxylic acids is 1. The van der Waals surface area contributed by atoms with E-state index in [1.807, 2.05) is 19.9 Å². The van der Waals surface area contributed by atoms with Gasteiger partial charge >= 0.3 is 6.09 Å². The van der Waals surface area contributed by atoms with Crippen molar-refractivity contribution in [1.29, 1.82) is 0 Å². The number of hydrogen-bond acceptors (Lipinski definition) is 8. The number of anilines is 1. The molecule has 1 heterocycles. The van der Waals surface area contributed by atoms with Crippen molar-refractivity contribution in [2.45, 2.75) is 33.3 Å². The van der Waals surface area contributed by atoms with E-state index in [0.717, 1.165) is 29.2 Å². The predicted molar refractivity (Wildman–Crippen MR) is 104 cm³/mol. The molecule has 9 nitrogen and oxygen atoms in total. The van der Waals surface area contributed by atoms with Crippen molar-refractivity contribution in [3.63, 3.8) is 0 Å². The number of oxime groups is 1. The fourth-order valence-corrected chi connectivity index (χ4v) is 2.68. The first-order valence-electron chi connectivity index (χ1n) is 9.31. The maximum atomic E-state index is 12.1. The van der Waals surface area contributed by atoms with E-state index in [1.165, 1.54) is 14.2 Å². The van der Waals surface area contributed by atoms with Crippen LogP contribution in [-0.2, 0) is 25.8 Å². The summed E-state index contributed by atoms with van der Waals surface area (Å²) in [6, 6.07) is 7.07. The summed E-state index contributed by atoms with van der Waals surface area (Å²) in [6.45, 7) is 4.36. The third-order valence-electron chi connectivity index (χ3n) is 4.57. The Morgan fingerprint density at radius 1 is 1.28 bits per heavy atom. The summed E-state index contributed by atoms with van der Waals surface area (Å²) in [5, 5.41) is 9.14. The summed E-state index contributed by atoms with van der Waals surface area (Å²) < 4.78 is 15.9. The Hall–Kier alpha value is -3.07. The summed E-state index contributed by atoms with van der Waals surface area (Å²) in [5.74, 6) is 1.44. The third kappa shape index (κ3) is 5.05. The lowest BCUT2D eigenvalue weighted by molar-refractivity contribution is 0.114. The van der Waals surface area contributed by atoms with Crippen molar-refractivity contribution in [2.24, 2.45) is 11.1 Å². The molecule has 0 radical (unpaired) electrons. The summed E-state index contributed by atoms with van der Waals surface area (Å²) in [5.41, 5.74) is 2.54. The Kier molecular flexibility index (Phi) is 6.71. The summed E-state index contributed by atoms with van der Waals surface area (Å²) >= 11 is 0. The average Bonchev–Trinajstić information content (AvgIpc) is 3.51. The number of hydrogen-bond donors (Lipinski definition) is 0. The lowest BCUT2D eigenvalue weighted by Crippen LogP contribution is -2.31. The highest BCUT2D eigenvalue weighted by atomic mass is 16.7. The van der Waals surface area contributed by atoms with Crippen molar-refractivity contribution in [3.8, 4) is 0 Å². The van der Waals surface area contributed by atoms with Crippen molar-refractivity contribution in [3.05, 3.63) is 46.8 Å². The maximum absolute atomic E-state index is 12.1. The molecule has 1 amide bonds. The van der Waals surface area contributed by atoms with Crippen LogP contribution < -0.4 is 5.06 Å². The molecule has 1 aliphatic rings. The van der Waals surface area contributed by atoms with E-state index in [0.29, 0.717) is 29.5 Å². The molecule has 156 valence electrons. The normalized spacial score (nSPS) is 13.9. The maximum Gasteiger partial charge on any atom is 0.438 e. The van der Waals surface area contributed by atoms with Crippen LogP contribution in [-0.4, -0.2) is 38.0 Å². The zero-order valence-electron chi connectivity index (χ0n) is 17.0. The van der Waals surface area contributed by atoms with E-state index in [2.05, 4.69) is 10.3 Å². The number of hydroxylamine groups is 1. The molecular formula is C20H25N3O6. The van der Waals surface area contributed by atoms with E-state index in [4.69, 9.17) is 23.7 Å². The number of carbonyl (C=O) groups is 1. The van der Waals surface area contributed by atoms with Crippen LogP contribution in [0.25, 0.3) is 0 Å². The molecule has 1 fully saturated rings. The van der Waals surface area contributed by atoms with E-state index >= 15 is 0 Å². The van der Waals surface area contributed by atoms with Crippen molar-refractivity contribution >= 4 is 17.7 Å². The highest BCUT2D eigenvalue weighted by Crippen LogP contribution is 2.30. The fourth-order valence-electron chi connectivity index (χ4n) is 2.68. The molecule has 3 rings (SSSR count). The first-order chi connectivity index (χ1) is 14.0. The highest BCUT2D eigenvalue weighted by molar-refractivity contribution is 6.02. The number of aromatic nitrogens is 1. The molecule has 2 aromatic rings. The minimum Gasteiger partial charge on any atom is -0.475 e. The van der Waals surface area contributed by atoms with Crippen LogP contribution in [0.2, 0.25) is 0 Å². The molecule has 0 spiro atoms. The van der Waals surface area contributed by atoms with Crippen LogP contribution in [0, 0.1) is 19.8 Å². The molecule has 1 aliphatic carbocycles. The third-order valence-corrected chi connectivity index (χ3v) is 4.57. The zero-order valence-corrected chi connectivity index (χ0v) is 17.0. The molecule has 9 heteroatoms. The Bertz CT molecular complexity index is 855. The Morgan fingerprint density at radius 2 is 2.03 bits per heavy atom. The lowest BCUT2D eigenvalue weighted by Gasteiger charge is -2.21. The quantitative estimate of drug-likeness (QED) is 0.376. The molecule has 0 N–H and O–H groups in total. The molecule has 0 bridgehead atoms. The number of amides is 1. The average molecular weight is 403 g/mol. The zero-order chi connectivity index (χ0) is 20.8. The van der Waals surface area contributed by atoms with Gasteiger partial charge in [0.2, 0.25) is 0 Å². The van der Waals surface area contributed by atoms with Gasteiger partial charge in [-0.1, -0.05) is 17.3 Å². The predicted octanol–water partition coefficient (Wildman–Crippen LogP) is 3.73. The van der Waals surface area contributed by atoms with Crippen LogP contribution in [0.5, 0.6) is 0 Å². The second-order valence-electron chi connectivity index (χ2n) is 6.69. The molecule has 1 aromatic heterocycles. The van der Waals surface area contributed by atoms with Crippen LogP contribution >= 0.6 is 0 Å². The number of rotatable bonds is 8. The van der Waals surface area contributed by atoms with E-state index in [9.17, 15) is 4.79 Å². The van der Waals surface area contributed by atoms with Gasteiger partial charge in [-0.05, 0) is 49.9 Å². The highest BCUT2D eigenvalue weighted by Gasteiger charge is 2.26. The van der Waals surface area contributed by atoms with Crippen LogP contribution in [0.1, 0.15) is 35.4 Å². The van der Waals surface area contributed by atoms with Crippen molar-refractivity contribution < 1.29 is 28.5 Å². The number of para-hydroxylation sites is 1. The second kappa shape index (κ2) is 9.42. The van der Waals surface area contributed by atoms with Crippen LogP contribution in [0.4, 0.5) is 10.5 Å². The molecular weight excluding hydrogens is 378 g/mol. The van der Waals surface area contributed by atoms with Crippen molar-refractivity contribution in [2.75, 3.05) is 25.9 Å². The SMILES string of the molecule is COC(=O)N(OC)c1ccccc1/C(=N\OCc1c(C)noc1C)OCC1CC1. The van der Waals surface area contributed by atoms with Gasteiger partial charge in [0.1, 0.15) is 12.4 Å².